The highest BCUT2D eigenvalue weighted by molar-refractivity contribution is 7.34. The molecule has 1 aromatic carbocycles. The third-order valence-corrected chi connectivity index (χ3v) is 3.06. The second kappa shape index (κ2) is 4.53. The zero-order chi connectivity index (χ0) is 9.84. The maximum absolute atomic E-state index is 10.9. The average Bonchev–Trinajstić information content (AvgIpc) is 2.17. The summed E-state index contributed by atoms with van der Waals surface area (Å²) in [5, 5.41) is 0.949. The summed E-state index contributed by atoms with van der Waals surface area (Å²) in [6.45, 7) is 6.37. The van der Waals surface area contributed by atoms with Gasteiger partial charge in [-0.05, 0) is 42.5 Å². The van der Waals surface area contributed by atoms with Crippen LogP contribution in [-0.4, -0.2) is 0 Å². The molecule has 1 nitrogen and oxygen atoms in total. The van der Waals surface area contributed by atoms with Crippen LogP contribution in [0.15, 0.2) is 12.1 Å². The Kier molecular flexibility index (Phi) is 3.62. The van der Waals surface area contributed by atoms with E-state index in [2.05, 4.69) is 26.8 Å². The van der Waals surface area contributed by atoms with Gasteiger partial charge in [0.2, 0.25) is 0 Å². The van der Waals surface area contributed by atoms with E-state index in [1.165, 1.54) is 16.7 Å². The van der Waals surface area contributed by atoms with Crippen molar-refractivity contribution in [3.8, 4) is 0 Å². The van der Waals surface area contributed by atoms with Crippen molar-refractivity contribution in [1.29, 1.82) is 0 Å². The molecule has 1 rings (SSSR count). The van der Waals surface area contributed by atoms with Crippen LogP contribution in [0.5, 0.6) is 0 Å². The van der Waals surface area contributed by atoms with Crippen LogP contribution in [0, 0.1) is 6.92 Å². The molecular weight excluding hydrogens is 179 g/mol. The van der Waals surface area contributed by atoms with E-state index in [0.717, 1.165) is 18.1 Å². The molecule has 1 aromatic rings. The summed E-state index contributed by atoms with van der Waals surface area (Å²) in [7, 11) is 0.145. The summed E-state index contributed by atoms with van der Waals surface area (Å²) in [5.41, 5.74) is 3.94. The van der Waals surface area contributed by atoms with Crippen molar-refractivity contribution in [2.24, 2.45) is 0 Å². The molecule has 0 fully saturated rings. The van der Waals surface area contributed by atoms with Gasteiger partial charge >= 0.3 is 0 Å². The largest absolute Gasteiger partial charge is 0.269 e. The van der Waals surface area contributed by atoms with E-state index in [-0.39, 0.29) is 8.46 Å². The normalized spacial score (nSPS) is 10.7. The molecule has 0 bridgehead atoms. The minimum atomic E-state index is 0.145. The van der Waals surface area contributed by atoms with Gasteiger partial charge in [0.05, 0.1) is 0 Å². The number of hydrogen-bond acceptors (Lipinski definition) is 1. The van der Waals surface area contributed by atoms with Crippen LogP contribution in [0.1, 0.15) is 30.5 Å². The van der Waals surface area contributed by atoms with Crippen molar-refractivity contribution in [2.45, 2.75) is 33.6 Å². The maximum Gasteiger partial charge on any atom is 0.192 e. The van der Waals surface area contributed by atoms with E-state index in [4.69, 9.17) is 0 Å². The van der Waals surface area contributed by atoms with Crippen LogP contribution in [0.3, 0.4) is 0 Å². The quantitative estimate of drug-likeness (QED) is 0.676. The number of aryl methyl sites for hydroxylation is 1. The van der Waals surface area contributed by atoms with Gasteiger partial charge in [-0.25, -0.2) is 0 Å². The van der Waals surface area contributed by atoms with Crippen molar-refractivity contribution in [2.75, 3.05) is 0 Å². The Morgan fingerprint density at radius 2 is 1.77 bits per heavy atom. The lowest BCUT2D eigenvalue weighted by Gasteiger charge is -2.10. The Morgan fingerprint density at radius 1 is 1.15 bits per heavy atom. The molecule has 0 saturated carbocycles. The van der Waals surface area contributed by atoms with Gasteiger partial charge in [0, 0.05) is 5.30 Å². The molecule has 0 atom stereocenters. The van der Waals surface area contributed by atoms with Crippen LogP contribution in [0.2, 0.25) is 0 Å². The molecule has 0 saturated heterocycles. The SMILES string of the molecule is CCc1c(C)ccc(P=O)c1CC. The van der Waals surface area contributed by atoms with Crippen molar-refractivity contribution >= 4 is 13.8 Å². The fraction of sp³-hybridized carbons (Fsp3) is 0.455. The average molecular weight is 194 g/mol. The van der Waals surface area contributed by atoms with Crippen molar-refractivity contribution in [1.82, 2.24) is 0 Å². The van der Waals surface area contributed by atoms with Gasteiger partial charge in [0.1, 0.15) is 0 Å². The third-order valence-electron chi connectivity index (χ3n) is 2.45. The molecule has 0 aliphatic rings. The number of hydrogen-bond donors (Lipinski definition) is 0. The van der Waals surface area contributed by atoms with Gasteiger partial charge in [-0.3, -0.25) is 4.57 Å². The molecule has 0 N–H and O–H groups in total. The molecule has 13 heavy (non-hydrogen) atoms. The summed E-state index contributed by atoms with van der Waals surface area (Å²) >= 11 is 0. The van der Waals surface area contributed by atoms with Gasteiger partial charge < -0.3 is 0 Å². The second-order valence-corrected chi connectivity index (χ2v) is 3.82. The van der Waals surface area contributed by atoms with Crippen LogP contribution in [0.4, 0.5) is 0 Å². The van der Waals surface area contributed by atoms with E-state index in [1.807, 2.05) is 6.07 Å². The lowest BCUT2D eigenvalue weighted by atomic mass is 9.98. The Hall–Kier alpha value is -0.680. The first-order chi connectivity index (χ1) is 6.24. The zero-order valence-corrected chi connectivity index (χ0v) is 9.32. The number of rotatable bonds is 3. The van der Waals surface area contributed by atoms with E-state index < -0.39 is 0 Å². The van der Waals surface area contributed by atoms with Crippen LogP contribution < -0.4 is 5.30 Å². The van der Waals surface area contributed by atoms with Gasteiger partial charge in [-0.1, -0.05) is 19.9 Å². The van der Waals surface area contributed by atoms with E-state index in [0.29, 0.717) is 0 Å². The number of benzene rings is 1. The molecule has 0 aliphatic heterocycles. The molecule has 70 valence electrons. The standard InChI is InChI=1S/C11H15OP/c1-4-9-8(3)6-7-11(13-12)10(9)5-2/h6-7H,4-5H2,1-3H3. The topological polar surface area (TPSA) is 17.1 Å². The Labute approximate surface area is 81.4 Å². The van der Waals surface area contributed by atoms with E-state index in [9.17, 15) is 4.57 Å². The first kappa shape index (κ1) is 10.4. The zero-order valence-electron chi connectivity index (χ0n) is 8.42. The van der Waals surface area contributed by atoms with Crippen molar-refractivity contribution in [3.63, 3.8) is 0 Å². The van der Waals surface area contributed by atoms with Gasteiger partial charge in [-0.15, -0.1) is 0 Å². The summed E-state index contributed by atoms with van der Waals surface area (Å²) in [4.78, 5) is 0. The van der Waals surface area contributed by atoms with E-state index in [1.54, 1.807) is 0 Å². The van der Waals surface area contributed by atoms with Crippen molar-refractivity contribution in [3.05, 3.63) is 28.8 Å². The lowest BCUT2D eigenvalue weighted by molar-refractivity contribution is 0.603. The maximum atomic E-state index is 10.9. The Morgan fingerprint density at radius 3 is 2.23 bits per heavy atom. The first-order valence-electron chi connectivity index (χ1n) is 4.69. The molecule has 0 spiro atoms. The highest BCUT2D eigenvalue weighted by atomic mass is 31.1. The fourth-order valence-electron chi connectivity index (χ4n) is 1.77. The van der Waals surface area contributed by atoms with Crippen molar-refractivity contribution < 1.29 is 4.57 Å². The fourth-order valence-corrected chi connectivity index (χ4v) is 2.31. The first-order valence-corrected chi connectivity index (χ1v) is 5.50. The van der Waals surface area contributed by atoms with Crippen LogP contribution in [0.25, 0.3) is 0 Å². The highest BCUT2D eigenvalue weighted by Crippen LogP contribution is 2.16. The third kappa shape index (κ3) is 1.97. The minimum absolute atomic E-state index is 0.145. The predicted octanol–water partition coefficient (Wildman–Crippen LogP) is 3.04. The molecule has 0 aliphatic carbocycles. The molecule has 0 unspecified atom stereocenters. The van der Waals surface area contributed by atoms with Gasteiger partial charge in [-0.2, -0.15) is 0 Å². The smallest absolute Gasteiger partial charge is 0.192 e. The van der Waals surface area contributed by atoms with E-state index >= 15 is 0 Å². The van der Waals surface area contributed by atoms with Crippen LogP contribution >= 0.6 is 8.46 Å². The monoisotopic (exact) mass is 194 g/mol. The summed E-state index contributed by atoms with van der Waals surface area (Å²) < 4.78 is 10.9. The Balaban J connectivity index is 3.35. The summed E-state index contributed by atoms with van der Waals surface area (Å²) in [6, 6.07) is 4.01. The molecule has 0 heterocycles. The molecule has 0 amide bonds. The molecule has 0 aromatic heterocycles. The lowest BCUT2D eigenvalue weighted by Crippen LogP contribution is -2.07. The molecule has 0 radical (unpaired) electrons. The molecule has 2 heteroatoms. The summed E-state index contributed by atoms with van der Waals surface area (Å²) in [6.07, 6.45) is 1.99. The minimum Gasteiger partial charge on any atom is -0.269 e. The predicted molar refractivity (Wildman–Crippen MR) is 57.2 cm³/mol. The Bertz CT molecular complexity index is 318. The van der Waals surface area contributed by atoms with Crippen LogP contribution in [-0.2, 0) is 17.4 Å². The summed E-state index contributed by atoms with van der Waals surface area (Å²) in [5.74, 6) is 0. The molecular formula is C11H15OP. The second-order valence-electron chi connectivity index (χ2n) is 3.16. The highest BCUT2D eigenvalue weighted by Gasteiger charge is 2.07. The van der Waals surface area contributed by atoms with Gasteiger partial charge in [0.25, 0.3) is 0 Å². The van der Waals surface area contributed by atoms with Gasteiger partial charge in [0.15, 0.2) is 8.46 Å².